The van der Waals surface area contributed by atoms with Crippen LogP contribution in [0.4, 0.5) is 5.69 Å². The van der Waals surface area contributed by atoms with Crippen molar-refractivity contribution < 1.29 is 9.47 Å². The third-order valence-corrected chi connectivity index (χ3v) is 3.35. The molecule has 2 rings (SSSR count). The first kappa shape index (κ1) is 14.3. The van der Waals surface area contributed by atoms with Crippen LogP contribution in [-0.4, -0.2) is 14.2 Å². The lowest BCUT2D eigenvalue weighted by atomic mass is 10.0. The van der Waals surface area contributed by atoms with Gasteiger partial charge in [0.1, 0.15) is 11.5 Å². The number of para-hydroxylation sites is 1. The Kier molecular flexibility index (Phi) is 4.88. The zero-order valence-corrected chi connectivity index (χ0v) is 12.2. The fourth-order valence-electron chi connectivity index (χ4n) is 2.24. The van der Waals surface area contributed by atoms with E-state index in [2.05, 4.69) is 18.3 Å². The average Bonchev–Trinajstić information content (AvgIpc) is 2.53. The predicted molar refractivity (Wildman–Crippen MR) is 82.6 cm³/mol. The molecule has 1 atom stereocenters. The van der Waals surface area contributed by atoms with Crippen LogP contribution in [0.3, 0.4) is 0 Å². The van der Waals surface area contributed by atoms with Gasteiger partial charge in [-0.1, -0.05) is 25.1 Å². The van der Waals surface area contributed by atoms with Gasteiger partial charge in [-0.3, -0.25) is 0 Å². The molecule has 1 N–H and O–H groups in total. The molecule has 2 aromatic rings. The number of benzene rings is 2. The van der Waals surface area contributed by atoms with Gasteiger partial charge in [0.25, 0.3) is 0 Å². The van der Waals surface area contributed by atoms with Crippen LogP contribution in [0.15, 0.2) is 48.5 Å². The molecule has 20 heavy (non-hydrogen) atoms. The second kappa shape index (κ2) is 6.85. The monoisotopic (exact) mass is 271 g/mol. The molecule has 0 aliphatic rings. The zero-order chi connectivity index (χ0) is 14.4. The Hall–Kier alpha value is -2.16. The number of hydrogen-bond donors (Lipinski definition) is 1. The molecule has 0 fully saturated rings. The minimum absolute atomic E-state index is 0.222. The van der Waals surface area contributed by atoms with E-state index in [4.69, 9.17) is 9.47 Å². The lowest BCUT2D eigenvalue weighted by molar-refractivity contribution is 0.406. The largest absolute Gasteiger partial charge is 0.497 e. The lowest BCUT2D eigenvalue weighted by Gasteiger charge is -2.21. The summed E-state index contributed by atoms with van der Waals surface area (Å²) in [6, 6.07) is 16.3. The third kappa shape index (κ3) is 3.23. The van der Waals surface area contributed by atoms with E-state index in [0.717, 1.165) is 23.6 Å². The highest BCUT2D eigenvalue weighted by Gasteiger charge is 2.13. The van der Waals surface area contributed by atoms with Gasteiger partial charge in [-0.15, -0.1) is 0 Å². The second-order valence-corrected chi connectivity index (χ2v) is 4.58. The average molecular weight is 271 g/mol. The molecule has 106 valence electrons. The predicted octanol–water partition coefficient (Wildman–Crippen LogP) is 4.27. The molecule has 0 saturated heterocycles. The summed E-state index contributed by atoms with van der Waals surface area (Å²) in [5.74, 6) is 1.78. The van der Waals surface area contributed by atoms with Crippen molar-refractivity contribution in [2.24, 2.45) is 0 Å². The van der Waals surface area contributed by atoms with E-state index in [0.29, 0.717) is 0 Å². The van der Waals surface area contributed by atoms with E-state index >= 15 is 0 Å². The molecular weight excluding hydrogens is 250 g/mol. The van der Waals surface area contributed by atoms with Crippen LogP contribution >= 0.6 is 0 Å². The minimum Gasteiger partial charge on any atom is -0.497 e. The summed E-state index contributed by atoms with van der Waals surface area (Å²) in [5.41, 5.74) is 2.25. The van der Waals surface area contributed by atoms with E-state index in [1.54, 1.807) is 14.2 Å². The molecule has 0 aliphatic carbocycles. The van der Waals surface area contributed by atoms with Crippen molar-refractivity contribution in [3.63, 3.8) is 0 Å². The van der Waals surface area contributed by atoms with Crippen molar-refractivity contribution in [3.8, 4) is 11.5 Å². The highest BCUT2D eigenvalue weighted by atomic mass is 16.5. The fourth-order valence-corrected chi connectivity index (χ4v) is 2.24. The van der Waals surface area contributed by atoms with Gasteiger partial charge < -0.3 is 14.8 Å². The minimum atomic E-state index is 0.222. The van der Waals surface area contributed by atoms with Crippen LogP contribution in [0.5, 0.6) is 11.5 Å². The van der Waals surface area contributed by atoms with Crippen molar-refractivity contribution in [1.29, 1.82) is 0 Å². The Morgan fingerprint density at radius 1 is 0.950 bits per heavy atom. The summed E-state index contributed by atoms with van der Waals surface area (Å²) >= 11 is 0. The number of ether oxygens (including phenoxy) is 2. The summed E-state index contributed by atoms with van der Waals surface area (Å²) in [6.45, 7) is 2.16. The Labute approximate surface area is 120 Å². The lowest BCUT2D eigenvalue weighted by Crippen LogP contribution is -2.10. The molecular formula is C17H21NO2. The Morgan fingerprint density at radius 2 is 1.65 bits per heavy atom. The Bertz CT molecular complexity index is 537. The van der Waals surface area contributed by atoms with Crippen LogP contribution in [0, 0.1) is 0 Å². The van der Waals surface area contributed by atoms with Crippen LogP contribution in [0.2, 0.25) is 0 Å². The summed E-state index contributed by atoms with van der Waals surface area (Å²) in [4.78, 5) is 0. The smallest absolute Gasteiger partial charge is 0.124 e. The molecule has 0 bridgehead atoms. The van der Waals surface area contributed by atoms with Crippen molar-refractivity contribution in [3.05, 3.63) is 54.1 Å². The molecule has 1 unspecified atom stereocenters. The molecule has 0 aliphatic heterocycles. The Morgan fingerprint density at radius 3 is 2.25 bits per heavy atom. The van der Waals surface area contributed by atoms with Crippen LogP contribution in [0.25, 0.3) is 0 Å². The summed E-state index contributed by atoms with van der Waals surface area (Å²) < 4.78 is 10.6. The number of rotatable bonds is 6. The maximum atomic E-state index is 5.44. The molecule has 0 radical (unpaired) electrons. The quantitative estimate of drug-likeness (QED) is 0.851. The first-order chi connectivity index (χ1) is 9.78. The van der Waals surface area contributed by atoms with Crippen LogP contribution in [0.1, 0.15) is 24.9 Å². The Balaban J connectivity index is 2.19. The van der Waals surface area contributed by atoms with Crippen LogP contribution < -0.4 is 14.8 Å². The molecule has 0 spiro atoms. The van der Waals surface area contributed by atoms with E-state index < -0.39 is 0 Å². The second-order valence-electron chi connectivity index (χ2n) is 4.58. The third-order valence-electron chi connectivity index (χ3n) is 3.35. The first-order valence-electron chi connectivity index (χ1n) is 6.82. The van der Waals surface area contributed by atoms with Crippen molar-refractivity contribution in [1.82, 2.24) is 0 Å². The number of nitrogens with one attached hydrogen (secondary N) is 1. The van der Waals surface area contributed by atoms with E-state index in [-0.39, 0.29) is 6.04 Å². The maximum Gasteiger partial charge on any atom is 0.124 e. The fraction of sp³-hybridized carbons (Fsp3) is 0.294. The highest BCUT2D eigenvalue weighted by Crippen LogP contribution is 2.30. The van der Waals surface area contributed by atoms with Gasteiger partial charge in [-0.05, 0) is 36.8 Å². The topological polar surface area (TPSA) is 30.5 Å². The highest BCUT2D eigenvalue weighted by molar-refractivity contribution is 5.50. The van der Waals surface area contributed by atoms with Gasteiger partial charge in [-0.25, -0.2) is 0 Å². The molecule has 3 heteroatoms. The number of anilines is 1. The molecule has 0 saturated carbocycles. The summed E-state index contributed by atoms with van der Waals surface area (Å²) in [5, 5.41) is 3.54. The maximum absolute atomic E-state index is 5.44. The molecule has 3 nitrogen and oxygen atoms in total. The van der Waals surface area contributed by atoms with Gasteiger partial charge in [0.15, 0.2) is 0 Å². The van der Waals surface area contributed by atoms with Gasteiger partial charge in [0.05, 0.1) is 20.3 Å². The molecule has 0 amide bonds. The van der Waals surface area contributed by atoms with Crippen molar-refractivity contribution in [2.75, 3.05) is 19.5 Å². The number of methoxy groups -OCH3 is 2. The van der Waals surface area contributed by atoms with Gasteiger partial charge in [0.2, 0.25) is 0 Å². The van der Waals surface area contributed by atoms with E-state index in [1.807, 2.05) is 42.5 Å². The standard InChI is InChI=1S/C17H21NO2/c1-4-16(15-7-5-6-8-17(15)20-3)18-13-9-11-14(19-2)12-10-13/h5-12,16,18H,4H2,1-3H3. The summed E-state index contributed by atoms with van der Waals surface area (Å²) in [7, 11) is 3.38. The SMILES string of the molecule is CCC(Nc1ccc(OC)cc1)c1ccccc1OC. The first-order valence-corrected chi connectivity index (χ1v) is 6.82. The van der Waals surface area contributed by atoms with Crippen LogP contribution in [-0.2, 0) is 0 Å². The van der Waals surface area contributed by atoms with Gasteiger partial charge in [0, 0.05) is 11.3 Å². The van der Waals surface area contributed by atoms with E-state index in [1.165, 1.54) is 5.56 Å². The number of hydrogen-bond acceptors (Lipinski definition) is 3. The normalized spacial score (nSPS) is 11.8. The molecule has 0 aromatic heterocycles. The zero-order valence-electron chi connectivity index (χ0n) is 12.2. The molecule has 0 heterocycles. The summed E-state index contributed by atoms with van der Waals surface area (Å²) in [6.07, 6.45) is 0.979. The van der Waals surface area contributed by atoms with E-state index in [9.17, 15) is 0 Å². The van der Waals surface area contributed by atoms with Gasteiger partial charge >= 0.3 is 0 Å². The van der Waals surface area contributed by atoms with Gasteiger partial charge in [-0.2, -0.15) is 0 Å². The molecule has 2 aromatic carbocycles. The van der Waals surface area contributed by atoms with Crippen molar-refractivity contribution >= 4 is 5.69 Å². The van der Waals surface area contributed by atoms with Crippen molar-refractivity contribution in [2.45, 2.75) is 19.4 Å².